The van der Waals surface area contributed by atoms with Crippen molar-refractivity contribution >= 4 is 11.6 Å². The fraction of sp³-hybridized carbons (Fsp3) is 0.500. The Morgan fingerprint density at radius 2 is 2.10 bits per heavy atom. The highest BCUT2D eigenvalue weighted by Gasteiger charge is 2.22. The molecule has 1 saturated heterocycles. The third-order valence-electron chi connectivity index (χ3n) is 3.82. The summed E-state index contributed by atoms with van der Waals surface area (Å²) < 4.78 is 0. The molecule has 4 heteroatoms. The Bertz CT molecular complexity index is 508. The molecule has 0 unspecified atom stereocenters. The normalized spacial score (nSPS) is 19.1. The maximum atomic E-state index is 12.1. The van der Waals surface area contributed by atoms with Crippen LogP contribution >= 0.6 is 0 Å². The number of benzene rings is 1. The van der Waals surface area contributed by atoms with Gasteiger partial charge in [-0.2, -0.15) is 5.26 Å². The molecule has 1 aromatic carbocycles. The van der Waals surface area contributed by atoms with Crippen molar-refractivity contribution in [3.05, 3.63) is 29.8 Å². The molecule has 106 valence electrons. The molecular formula is C16H21N3O. The molecule has 0 aromatic heterocycles. The number of nitriles is 1. The van der Waals surface area contributed by atoms with Gasteiger partial charge in [-0.3, -0.25) is 4.79 Å². The summed E-state index contributed by atoms with van der Waals surface area (Å²) in [4.78, 5) is 12.1. The highest BCUT2D eigenvalue weighted by atomic mass is 16.1. The van der Waals surface area contributed by atoms with Crippen LogP contribution in [-0.2, 0) is 10.2 Å². The zero-order valence-corrected chi connectivity index (χ0v) is 12.1. The molecule has 0 aliphatic carbocycles. The van der Waals surface area contributed by atoms with E-state index in [1.165, 1.54) is 0 Å². The van der Waals surface area contributed by atoms with Crippen LogP contribution in [0.1, 0.15) is 32.3 Å². The lowest BCUT2D eigenvalue weighted by molar-refractivity contribution is -0.120. The largest absolute Gasteiger partial charge is 0.326 e. The third-order valence-corrected chi connectivity index (χ3v) is 3.82. The van der Waals surface area contributed by atoms with E-state index in [4.69, 9.17) is 5.26 Å². The van der Waals surface area contributed by atoms with Crippen molar-refractivity contribution in [1.82, 2.24) is 5.32 Å². The number of nitrogens with one attached hydrogen (secondary N) is 2. The number of anilines is 1. The average Bonchev–Trinajstić information content (AvgIpc) is 2.48. The molecule has 1 atom stereocenters. The minimum atomic E-state index is -0.504. The number of carbonyl (C=O) groups is 1. The molecule has 1 fully saturated rings. The van der Waals surface area contributed by atoms with Crippen molar-refractivity contribution < 1.29 is 4.79 Å². The maximum Gasteiger partial charge on any atom is 0.228 e. The maximum absolute atomic E-state index is 12.1. The summed E-state index contributed by atoms with van der Waals surface area (Å²) in [5, 5.41) is 15.3. The fourth-order valence-corrected chi connectivity index (χ4v) is 2.35. The minimum Gasteiger partial charge on any atom is -0.326 e. The van der Waals surface area contributed by atoms with Gasteiger partial charge in [-0.05, 0) is 50.9 Å². The van der Waals surface area contributed by atoms with Gasteiger partial charge in [0, 0.05) is 12.2 Å². The van der Waals surface area contributed by atoms with Gasteiger partial charge in [0.15, 0.2) is 0 Å². The molecule has 0 saturated carbocycles. The van der Waals surface area contributed by atoms with Crippen LogP contribution in [0.25, 0.3) is 0 Å². The van der Waals surface area contributed by atoms with Gasteiger partial charge < -0.3 is 10.6 Å². The quantitative estimate of drug-likeness (QED) is 0.887. The first-order valence-corrected chi connectivity index (χ1v) is 7.06. The van der Waals surface area contributed by atoms with Gasteiger partial charge in [0.05, 0.1) is 17.4 Å². The van der Waals surface area contributed by atoms with Gasteiger partial charge >= 0.3 is 0 Å². The predicted molar refractivity (Wildman–Crippen MR) is 79.3 cm³/mol. The second kappa shape index (κ2) is 6.06. The summed E-state index contributed by atoms with van der Waals surface area (Å²) >= 11 is 0. The van der Waals surface area contributed by atoms with Gasteiger partial charge in [-0.1, -0.05) is 12.1 Å². The zero-order chi connectivity index (χ0) is 14.6. The van der Waals surface area contributed by atoms with Crippen LogP contribution in [0, 0.1) is 17.2 Å². The van der Waals surface area contributed by atoms with Gasteiger partial charge in [0.2, 0.25) is 5.91 Å². The van der Waals surface area contributed by atoms with Gasteiger partial charge in [-0.25, -0.2) is 0 Å². The van der Waals surface area contributed by atoms with Crippen molar-refractivity contribution in [2.24, 2.45) is 5.92 Å². The number of rotatable bonds is 3. The van der Waals surface area contributed by atoms with Crippen molar-refractivity contribution in [2.75, 3.05) is 18.4 Å². The Morgan fingerprint density at radius 1 is 1.40 bits per heavy atom. The summed E-state index contributed by atoms with van der Waals surface area (Å²) in [6, 6.07) is 9.80. The summed E-state index contributed by atoms with van der Waals surface area (Å²) in [5.74, 6) is 0.128. The molecule has 1 aliphatic heterocycles. The van der Waals surface area contributed by atoms with E-state index >= 15 is 0 Å². The Hall–Kier alpha value is -1.86. The van der Waals surface area contributed by atoms with Crippen LogP contribution in [0.5, 0.6) is 0 Å². The van der Waals surface area contributed by atoms with Crippen LogP contribution in [0.3, 0.4) is 0 Å². The molecule has 0 bridgehead atoms. The topological polar surface area (TPSA) is 64.9 Å². The molecule has 20 heavy (non-hydrogen) atoms. The van der Waals surface area contributed by atoms with Crippen molar-refractivity contribution in [3.63, 3.8) is 0 Å². The summed E-state index contributed by atoms with van der Waals surface area (Å²) in [7, 11) is 0. The molecule has 2 N–H and O–H groups in total. The summed E-state index contributed by atoms with van der Waals surface area (Å²) in [5.41, 5.74) is 1.24. The number of piperidine rings is 1. The van der Waals surface area contributed by atoms with E-state index in [1.54, 1.807) is 0 Å². The van der Waals surface area contributed by atoms with Gasteiger partial charge in [-0.15, -0.1) is 0 Å². The van der Waals surface area contributed by atoms with E-state index in [0.717, 1.165) is 37.2 Å². The van der Waals surface area contributed by atoms with Crippen molar-refractivity contribution in [1.29, 1.82) is 5.26 Å². The molecule has 2 rings (SSSR count). The first-order chi connectivity index (χ1) is 9.53. The highest BCUT2D eigenvalue weighted by Crippen LogP contribution is 2.24. The van der Waals surface area contributed by atoms with Crippen LogP contribution < -0.4 is 10.6 Å². The van der Waals surface area contributed by atoms with Crippen molar-refractivity contribution in [2.45, 2.75) is 32.1 Å². The van der Waals surface area contributed by atoms with E-state index in [2.05, 4.69) is 16.7 Å². The average molecular weight is 271 g/mol. The molecule has 1 heterocycles. The highest BCUT2D eigenvalue weighted by molar-refractivity contribution is 5.92. The monoisotopic (exact) mass is 271 g/mol. The predicted octanol–water partition coefficient (Wildman–Crippen LogP) is 2.43. The molecule has 0 spiro atoms. The summed E-state index contributed by atoms with van der Waals surface area (Å²) in [6.45, 7) is 5.52. The third kappa shape index (κ3) is 3.37. The number of amides is 1. The second-order valence-electron chi connectivity index (χ2n) is 5.85. The van der Waals surface area contributed by atoms with E-state index in [0.29, 0.717) is 0 Å². The lowest BCUT2D eigenvalue weighted by atomic mass is 9.86. The minimum absolute atomic E-state index is 0.0546. The van der Waals surface area contributed by atoms with E-state index in [9.17, 15) is 4.79 Å². The fourth-order valence-electron chi connectivity index (χ4n) is 2.35. The molecule has 1 aromatic rings. The molecular weight excluding hydrogens is 250 g/mol. The summed E-state index contributed by atoms with van der Waals surface area (Å²) in [6.07, 6.45) is 1.99. The smallest absolute Gasteiger partial charge is 0.228 e. The van der Waals surface area contributed by atoms with E-state index in [1.807, 2.05) is 38.1 Å². The van der Waals surface area contributed by atoms with Crippen LogP contribution in [0.15, 0.2) is 24.3 Å². The Balaban J connectivity index is 2.00. The van der Waals surface area contributed by atoms with E-state index in [-0.39, 0.29) is 11.8 Å². The molecule has 1 amide bonds. The zero-order valence-electron chi connectivity index (χ0n) is 12.1. The Kier molecular flexibility index (Phi) is 4.41. The molecule has 4 nitrogen and oxygen atoms in total. The number of carbonyl (C=O) groups excluding carboxylic acids is 1. The Morgan fingerprint density at radius 3 is 2.65 bits per heavy atom. The first-order valence-electron chi connectivity index (χ1n) is 7.06. The van der Waals surface area contributed by atoms with Crippen LogP contribution in [0.2, 0.25) is 0 Å². The van der Waals surface area contributed by atoms with Crippen molar-refractivity contribution in [3.8, 4) is 6.07 Å². The van der Waals surface area contributed by atoms with Gasteiger partial charge in [0.25, 0.3) is 0 Å². The number of hydrogen-bond donors (Lipinski definition) is 2. The SMILES string of the molecule is CC(C)(C#N)c1ccc(NC(=O)[C@@H]2CCCNC2)cc1. The second-order valence-corrected chi connectivity index (χ2v) is 5.85. The van der Waals surface area contributed by atoms with Gasteiger partial charge in [0.1, 0.15) is 0 Å². The molecule has 0 radical (unpaired) electrons. The lowest BCUT2D eigenvalue weighted by Crippen LogP contribution is -2.37. The lowest BCUT2D eigenvalue weighted by Gasteiger charge is -2.22. The first kappa shape index (κ1) is 14.5. The number of hydrogen-bond acceptors (Lipinski definition) is 3. The Labute approximate surface area is 120 Å². The molecule has 1 aliphatic rings. The number of nitrogens with zero attached hydrogens (tertiary/aromatic N) is 1. The van der Waals surface area contributed by atoms with Crippen LogP contribution in [-0.4, -0.2) is 19.0 Å². The van der Waals surface area contributed by atoms with Crippen LogP contribution in [0.4, 0.5) is 5.69 Å². The standard InChI is InChI=1S/C16H21N3O/c1-16(2,11-17)13-5-7-14(8-6-13)19-15(20)12-4-3-9-18-10-12/h5-8,12,18H,3-4,9-10H2,1-2H3,(H,19,20)/t12-/m1/s1. The van der Waals surface area contributed by atoms with E-state index < -0.39 is 5.41 Å².